The van der Waals surface area contributed by atoms with Gasteiger partial charge in [0.05, 0.1) is 20.4 Å². The molecule has 0 fully saturated rings. The largest absolute Gasteiger partial charge is 0.493 e. The Balaban J connectivity index is 1.92. The summed E-state index contributed by atoms with van der Waals surface area (Å²) >= 11 is 8.67. The Morgan fingerprint density at radius 1 is 1.17 bits per heavy atom. The summed E-state index contributed by atoms with van der Waals surface area (Å²) in [6.07, 6.45) is 1.66. The Labute approximate surface area is 155 Å². The van der Waals surface area contributed by atoms with Crippen LogP contribution in [0.1, 0.15) is 11.1 Å². The minimum absolute atomic E-state index is 0.451. The second-order valence-corrected chi connectivity index (χ2v) is 6.03. The average molecular weight is 408 g/mol. The van der Waals surface area contributed by atoms with E-state index in [0.717, 1.165) is 15.6 Å². The molecule has 0 heterocycles. The van der Waals surface area contributed by atoms with Crippen LogP contribution >= 0.6 is 28.1 Å². The van der Waals surface area contributed by atoms with Gasteiger partial charge in [-0.3, -0.25) is 5.43 Å². The number of benzene rings is 2. The zero-order valence-corrected chi connectivity index (χ0v) is 15.8. The molecule has 5 nitrogen and oxygen atoms in total. The van der Waals surface area contributed by atoms with Crippen LogP contribution < -0.4 is 20.2 Å². The zero-order valence-electron chi connectivity index (χ0n) is 13.4. The number of nitrogens with one attached hydrogen (secondary N) is 2. The van der Waals surface area contributed by atoms with Gasteiger partial charge in [0.25, 0.3) is 0 Å². The Morgan fingerprint density at radius 2 is 1.83 bits per heavy atom. The van der Waals surface area contributed by atoms with Crippen LogP contribution in [-0.4, -0.2) is 25.5 Å². The molecule has 0 spiro atoms. The van der Waals surface area contributed by atoms with E-state index in [2.05, 4.69) is 31.8 Å². The molecule has 0 amide bonds. The maximum Gasteiger partial charge on any atom is 0.187 e. The van der Waals surface area contributed by atoms with Gasteiger partial charge < -0.3 is 14.8 Å². The average Bonchev–Trinajstić information content (AvgIpc) is 2.61. The van der Waals surface area contributed by atoms with Gasteiger partial charge in [-0.25, -0.2) is 0 Å². The summed E-state index contributed by atoms with van der Waals surface area (Å²) in [6, 6.07) is 13.7. The van der Waals surface area contributed by atoms with Gasteiger partial charge >= 0.3 is 0 Å². The van der Waals surface area contributed by atoms with Crippen molar-refractivity contribution in [1.29, 1.82) is 0 Å². The normalized spacial score (nSPS) is 10.5. The fourth-order valence-corrected chi connectivity index (χ4v) is 2.50. The quantitative estimate of drug-likeness (QED) is 0.436. The van der Waals surface area contributed by atoms with Gasteiger partial charge in [0.2, 0.25) is 0 Å². The number of thiocarbonyl (C=S) groups is 1. The van der Waals surface area contributed by atoms with Gasteiger partial charge in [-0.2, -0.15) is 5.10 Å². The van der Waals surface area contributed by atoms with E-state index in [9.17, 15) is 0 Å². The van der Waals surface area contributed by atoms with E-state index < -0.39 is 0 Å². The van der Waals surface area contributed by atoms with Crippen LogP contribution in [0.2, 0.25) is 0 Å². The lowest BCUT2D eigenvalue weighted by atomic mass is 10.2. The molecule has 0 aliphatic heterocycles. The van der Waals surface area contributed by atoms with Crippen molar-refractivity contribution in [2.45, 2.75) is 6.54 Å². The fraction of sp³-hybridized carbons (Fsp3) is 0.176. The highest BCUT2D eigenvalue weighted by Crippen LogP contribution is 2.32. The molecule has 7 heteroatoms. The molecule has 0 radical (unpaired) electrons. The number of hydrogen-bond acceptors (Lipinski definition) is 4. The van der Waals surface area contributed by atoms with Gasteiger partial charge in [0.15, 0.2) is 16.6 Å². The highest BCUT2D eigenvalue weighted by molar-refractivity contribution is 9.10. The Hall–Kier alpha value is -2.12. The van der Waals surface area contributed by atoms with Crippen molar-refractivity contribution >= 4 is 39.5 Å². The number of hydrazone groups is 1. The second-order valence-electron chi connectivity index (χ2n) is 4.77. The SMILES string of the molecule is COc1cc(Br)c(/C=N\NC(=S)NCc2ccccc2)cc1OC. The molecule has 0 saturated heterocycles. The molecule has 2 aromatic carbocycles. The molecular weight excluding hydrogens is 390 g/mol. The van der Waals surface area contributed by atoms with E-state index in [1.54, 1.807) is 20.4 Å². The zero-order chi connectivity index (χ0) is 17.4. The van der Waals surface area contributed by atoms with E-state index >= 15 is 0 Å². The maximum atomic E-state index is 5.28. The molecule has 2 N–H and O–H groups in total. The van der Waals surface area contributed by atoms with E-state index in [1.165, 1.54) is 0 Å². The number of ether oxygens (including phenoxy) is 2. The Bertz CT molecular complexity index is 723. The van der Waals surface area contributed by atoms with Crippen LogP contribution in [0.5, 0.6) is 11.5 Å². The highest BCUT2D eigenvalue weighted by Gasteiger charge is 2.08. The van der Waals surface area contributed by atoms with Gasteiger partial charge in [0.1, 0.15) is 0 Å². The molecule has 24 heavy (non-hydrogen) atoms. The summed E-state index contributed by atoms with van der Waals surface area (Å²) in [5.41, 5.74) is 4.78. The fourth-order valence-electron chi connectivity index (χ4n) is 1.95. The first-order valence-corrected chi connectivity index (χ1v) is 8.36. The van der Waals surface area contributed by atoms with Crippen LogP contribution in [0, 0.1) is 0 Å². The first-order valence-electron chi connectivity index (χ1n) is 7.16. The summed E-state index contributed by atoms with van der Waals surface area (Å²) < 4.78 is 11.4. The van der Waals surface area contributed by atoms with E-state index in [-0.39, 0.29) is 0 Å². The maximum absolute atomic E-state index is 5.28. The smallest absolute Gasteiger partial charge is 0.187 e. The first-order chi connectivity index (χ1) is 11.6. The first kappa shape index (κ1) is 18.2. The van der Waals surface area contributed by atoms with Crippen molar-refractivity contribution < 1.29 is 9.47 Å². The van der Waals surface area contributed by atoms with Crippen LogP contribution in [0.25, 0.3) is 0 Å². The summed E-state index contributed by atoms with van der Waals surface area (Å²) in [7, 11) is 3.18. The van der Waals surface area contributed by atoms with Gasteiger partial charge in [-0.05, 0) is 45.8 Å². The number of halogens is 1. The van der Waals surface area contributed by atoms with Gasteiger partial charge in [-0.1, -0.05) is 30.3 Å². The molecule has 0 aliphatic carbocycles. The molecule has 0 saturated carbocycles. The molecule has 0 atom stereocenters. The molecule has 0 aliphatic rings. The number of hydrogen-bond donors (Lipinski definition) is 2. The van der Waals surface area contributed by atoms with Crippen LogP contribution in [-0.2, 0) is 6.54 Å². The molecule has 0 aromatic heterocycles. The predicted molar refractivity (Wildman–Crippen MR) is 104 cm³/mol. The lowest BCUT2D eigenvalue weighted by Crippen LogP contribution is -2.31. The van der Waals surface area contributed by atoms with Crippen molar-refractivity contribution in [2.24, 2.45) is 5.10 Å². The Morgan fingerprint density at radius 3 is 2.50 bits per heavy atom. The van der Waals surface area contributed by atoms with Crippen LogP contribution in [0.3, 0.4) is 0 Å². The molecular formula is C17H18BrN3O2S. The second kappa shape index (κ2) is 9.24. The van der Waals surface area contributed by atoms with E-state index in [1.807, 2.05) is 42.5 Å². The standard InChI is InChI=1S/C17H18BrN3O2S/c1-22-15-8-13(14(18)9-16(15)23-2)11-20-21-17(24)19-10-12-6-4-3-5-7-12/h3-9,11H,10H2,1-2H3,(H2,19,21,24)/b20-11-. The summed E-state index contributed by atoms with van der Waals surface area (Å²) in [6.45, 7) is 0.641. The summed E-state index contributed by atoms with van der Waals surface area (Å²) in [4.78, 5) is 0. The third kappa shape index (κ3) is 5.21. The molecule has 126 valence electrons. The third-order valence-corrected chi connectivity index (χ3v) is 4.09. The van der Waals surface area contributed by atoms with Crippen LogP contribution in [0.4, 0.5) is 0 Å². The van der Waals surface area contributed by atoms with Gasteiger partial charge in [-0.15, -0.1) is 0 Å². The monoisotopic (exact) mass is 407 g/mol. The number of nitrogens with zero attached hydrogens (tertiary/aromatic N) is 1. The molecule has 0 bridgehead atoms. The van der Waals surface area contributed by atoms with Crippen molar-refractivity contribution in [3.63, 3.8) is 0 Å². The van der Waals surface area contributed by atoms with E-state index in [0.29, 0.717) is 23.2 Å². The predicted octanol–water partition coefficient (Wildman–Crippen LogP) is 3.46. The Kier molecular flexibility index (Phi) is 7.02. The highest BCUT2D eigenvalue weighted by atomic mass is 79.9. The van der Waals surface area contributed by atoms with Crippen LogP contribution in [0.15, 0.2) is 52.0 Å². The van der Waals surface area contributed by atoms with Crippen molar-refractivity contribution in [3.05, 3.63) is 58.1 Å². The third-order valence-electron chi connectivity index (χ3n) is 3.17. The molecule has 2 aromatic rings. The van der Waals surface area contributed by atoms with Crippen molar-refractivity contribution in [2.75, 3.05) is 14.2 Å². The molecule has 2 rings (SSSR count). The lowest BCUT2D eigenvalue weighted by Gasteiger charge is -2.10. The summed E-state index contributed by atoms with van der Waals surface area (Å²) in [5, 5.41) is 7.68. The topological polar surface area (TPSA) is 54.9 Å². The van der Waals surface area contributed by atoms with E-state index in [4.69, 9.17) is 21.7 Å². The number of methoxy groups -OCH3 is 2. The number of rotatable bonds is 6. The summed E-state index contributed by atoms with van der Waals surface area (Å²) in [5.74, 6) is 1.28. The molecule has 0 unspecified atom stereocenters. The van der Waals surface area contributed by atoms with Crippen molar-refractivity contribution in [3.8, 4) is 11.5 Å². The van der Waals surface area contributed by atoms with Crippen molar-refractivity contribution in [1.82, 2.24) is 10.7 Å². The minimum Gasteiger partial charge on any atom is -0.493 e. The van der Waals surface area contributed by atoms with Gasteiger partial charge in [0, 0.05) is 16.6 Å². The lowest BCUT2D eigenvalue weighted by molar-refractivity contribution is 0.354. The minimum atomic E-state index is 0.451.